The maximum atomic E-state index is 6.73. The highest BCUT2D eigenvalue weighted by Crippen LogP contribution is 2.64. The number of ether oxygens (including phenoxy) is 1. The van der Waals surface area contributed by atoms with Gasteiger partial charge in [0, 0.05) is 11.1 Å². The summed E-state index contributed by atoms with van der Waals surface area (Å²) in [6.07, 6.45) is 0. The number of hydrogen-bond donors (Lipinski definition) is 0. The molecule has 1 nitrogen and oxygen atoms in total. The van der Waals surface area contributed by atoms with Gasteiger partial charge in [0.1, 0.15) is 11.5 Å². The van der Waals surface area contributed by atoms with Gasteiger partial charge in [-0.1, -0.05) is 133 Å². The largest absolute Gasteiger partial charge is 0.457 e. The lowest BCUT2D eigenvalue weighted by Gasteiger charge is -2.39. The van der Waals surface area contributed by atoms with Crippen LogP contribution in [0.5, 0.6) is 11.5 Å². The van der Waals surface area contributed by atoms with Crippen molar-refractivity contribution in [1.82, 2.24) is 0 Å². The monoisotopic (exact) mass is 558 g/mol. The van der Waals surface area contributed by atoms with Crippen molar-refractivity contribution >= 4 is 32.3 Å². The van der Waals surface area contributed by atoms with Crippen LogP contribution in [0.3, 0.4) is 0 Å². The molecule has 2 aliphatic rings. The van der Waals surface area contributed by atoms with Crippen LogP contribution in [0, 0.1) is 0 Å². The topological polar surface area (TPSA) is 9.23 Å². The van der Waals surface area contributed by atoms with Gasteiger partial charge in [-0.05, 0) is 90.0 Å². The van der Waals surface area contributed by atoms with Crippen molar-refractivity contribution in [2.75, 3.05) is 0 Å². The molecule has 0 aromatic heterocycles. The van der Waals surface area contributed by atoms with Crippen LogP contribution in [0.1, 0.15) is 22.3 Å². The average Bonchev–Trinajstić information content (AvgIpc) is 3.39. The Labute approximate surface area is 255 Å². The molecular weight excluding hydrogens is 532 g/mol. The normalized spacial score (nSPS) is 13.8. The fourth-order valence-electron chi connectivity index (χ4n) is 8.02. The summed E-state index contributed by atoms with van der Waals surface area (Å²) < 4.78 is 6.73. The van der Waals surface area contributed by atoms with Gasteiger partial charge in [-0.2, -0.15) is 0 Å². The molecule has 0 radical (unpaired) electrons. The van der Waals surface area contributed by atoms with E-state index in [1.54, 1.807) is 0 Å². The molecule has 1 aliphatic carbocycles. The minimum Gasteiger partial charge on any atom is -0.457 e. The number of para-hydroxylation sites is 1. The molecule has 0 atom stereocenters. The van der Waals surface area contributed by atoms with Gasteiger partial charge in [0.25, 0.3) is 0 Å². The van der Waals surface area contributed by atoms with E-state index >= 15 is 0 Å². The smallest absolute Gasteiger partial charge is 0.132 e. The van der Waals surface area contributed by atoms with Gasteiger partial charge in [-0.3, -0.25) is 0 Å². The van der Waals surface area contributed by atoms with Crippen LogP contribution in [-0.4, -0.2) is 0 Å². The minimum atomic E-state index is -0.532. The molecule has 10 rings (SSSR count). The Balaban J connectivity index is 1.37. The van der Waals surface area contributed by atoms with E-state index in [4.69, 9.17) is 4.74 Å². The lowest BCUT2D eigenvalue weighted by Crippen LogP contribution is -2.32. The molecule has 0 N–H and O–H groups in total. The maximum absolute atomic E-state index is 6.73. The van der Waals surface area contributed by atoms with Crippen LogP contribution in [0.25, 0.3) is 54.6 Å². The van der Waals surface area contributed by atoms with Crippen LogP contribution in [0.2, 0.25) is 0 Å². The lowest BCUT2D eigenvalue weighted by molar-refractivity contribution is 0.436. The summed E-state index contributed by atoms with van der Waals surface area (Å²) >= 11 is 0. The first kappa shape index (κ1) is 23.9. The van der Waals surface area contributed by atoms with Gasteiger partial charge in [0.05, 0.1) is 5.41 Å². The molecule has 1 heterocycles. The van der Waals surface area contributed by atoms with Gasteiger partial charge in [0.15, 0.2) is 0 Å². The summed E-state index contributed by atoms with van der Waals surface area (Å²) in [5.41, 5.74) is 9.52. The van der Waals surface area contributed by atoms with Gasteiger partial charge in [-0.25, -0.2) is 0 Å². The van der Waals surface area contributed by atoms with Crippen LogP contribution in [0.4, 0.5) is 0 Å². The number of hydrogen-bond acceptors (Lipinski definition) is 1. The van der Waals surface area contributed by atoms with E-state index in [0.29, 0.717) is 0 Å². The van der Waals surface area contributed by atoms with Crippen molar-refractivity contribution in [2.24, 2.45) is 0 Å². The summed E-state index contributed by atoms with van der Waals surface area (Å²) in [5, 5.41) is 7.58. The van der Waals surface area contributed by atoms with Gasteiger partial charge < -0.3 is 4.74 Å². The highest BCUT2D eigenvalue weighted by molar-refractivity contribution is 6.12. The highest BCUT2D eigenvalue weighted by atomic mass is 16.5. The Hall–Kier alpha value is -5.66. The standard InChI is InChI=1S/C43H26O/c1-2-12-30-25-31(18-17-27(30)9-1)32-21-24-40-38(26-32)43(35-15-7-8-16-39(35)44-40)36-22-19-28-10-3-5-13-33(28)41(36)42-34-14-6-4-11-29(34)20-23-37(42)43/h1-26H. The predicted octanol–water partition coefficient (Wildman–Crippen LogP) is 11.3. The molecule has 0 bridgehead atoms. The highest BCUT2D eigenvalue weighted by Gasteiger charge is 2.52. The zero-order chi connectivity index (χ0) is 28.8. The third-order valence-electron chi connectivity index (χ3n) is 9.89. The van der Waals surface area contributed by atoms with E-state index in [9.17, 15) is 0 Å². The van der Waals surface area contributed by atoms with Crippen LogP contribution >= 0.6 is 0 Å². The Morgan fingerprint density at radius 2 is 0.864 bits per heavy atom. The van der Waals surface area contributed by atoms with E-state index in [0.717, 1.165) is 11.5 Å². The summed E-state index contributed by atoms with van der Waals surface area (Å²) in [6.45, 7) is 0. The van der Waals surface area contributed by atoms with Gasteiger partial charge in [0.2, 0.25) is 0 Å². The average molecular weight is 559 g/mol. The van der Waals surface area contributed by atoms with Gasteiger partial charge in [-0.15, -0.1) is 0 Å². The third-order valence-corrected chi connectivity index (χ3v) is 9.89. The second-order valence-corrected chi connectivity index (χ2v) is 12.0. The molecule has 1 heteroatoms. The molecule has 0 saturated carbocycles. The predicted molar refractivity (Wildman–Crippen MR) is 182 cm³/mol. The number of rotatable bonds is 1. The third kappa shape index (κ3) is 3.03. The number of benzene rings is 8. The summed E-state index contributed by atoms with van der Waals surface area (Å²) in [4.78, 5) is 0. The van der Waals surface area contributed by atoms with E-state index in [1.807, 2.05) is 0 Å². The zero-order valence-electron chi connectivity index (χ0n) is 23.9. The van der Waals surface area contributed by atoms with Crippen LogP contribution in [-0.2, 0) is 5.41 Å². The SMILES string of the molecule is c1ccc2c(c1)Oc1ccc(-c3ccc4ccccc4c3)cc1C21c2ccc3ccccc3c2-c2c1ccc1ccccc21. The minimum absolute atomic E-state index is 0.532. The number of fused-ring (bicyclic) bond motifs is 14. The molecule has 0 saturated heterocycles. The Bertz CT molecular complexity index is 2400. The van der Waals surface area contributed by atoms with Crippen molar-refractivity contribution in [1.29, 1.82) is 0 Å². The molecule has 8 aromatic rings. The molecule has 0 fully saturated rings. The first-order valence-electron chi connectivity index (χ1n) is 15.3. The Morgan fingerprint density at radius 3 is 1.59 bits per heavy atom. The van der Waals surface area contributed by atoms with Crippen molar-refractivity contribution in [2.45, 2.75) is 5.41 Å². The van der Waals surface area contributed by atoms with Crippen molar-refractivity contribution in [3.8, 4) is 33.8 Å². The molecule has 1 spiro atoms. The van der Waals surface area contributed by atoms with Crippen molar-refractivity contribution in [3.05, 3.63) is 180 Å². The summed E-state index contributed by atoms with van der Waals surface area (Å²) in [5.74, 6) is 1.83. The summed E-state index contributed by atoms with van der Waals surface area (Å²) in [7, 11) is 0. The van der Waals surface area contributed by atoms with E-state index in [1.165, 1.54) is 76.8 Å². The lowest BCUT2D eigenvalue weighted by atomic mass is 9.65. The molecule has 44 heavy (non-hydrogen) atoms. The maximum Gasteiger partial charge on any atom is 0.132 e. The van der Waals surface area contributed by atoms with Gasteiger partial charge >= 0.3 is 0 Å². The zero-order valence-corrected chi connectivity index (χ0v) is 23.9. The first-order valence-corrected chi connectivity index (χ1v) is 15.3. The quantitative estimate of drug-likeness (QED) is 0.195. The Kier molecular flexibility index (Phi) is 4.71. The molecule has 0 unspecified atom stereocenters. The molecule has 204 valence electrons. The molecule has 0 amide bonds. The first-order chi connectivity index (χ1) is 21.8. The molecular formula is C43H26O. The van der Waals surface area contributed by atoms with Crippen molar-refractivity contribution < 1.29 is 4.74 Å². The molecule has 1 aliphatic heterocycles. The Morgan fingerprint density at radius 1 is 0.341 bits per heavy atom. The van der Waals surface area contributed by atoms with Crippen LogP contribution in [0.15, 0.2) is 158 Å². The van der Waals surface area contributed by atoms with E-state index in [-0.39, 0.29) is 0 Å². The van der Waals surface area contributed by atoms with E-state index < -0.39 is 5.41 Å². The van der Waals surface area contributed by atoms with Crippen molar-refractivity contribution in [3.63, 3.8) is 0 Å². The second kappa shape index (κ2) is 8.69. The second-order valence-electron chi connectivity index (χ2n) is 12.0. The molecule has 8 aromatic carbocycles. The van der Waals surface area contributed by atoms with E-state index in [2.05, 4.69) is 158 Å². The fraction of sp³-hybridized carbons (Fsp3) is 0.0233. The summed E-state index contributed by atoms with van der Waals surface area (Å²) in [6, 6.07) is 57.8. The fourth-order valence-corrected chi connectivity index (χ4v) is 8.02. The van der Waals surface area contributed by atoms with Crippen LogP contribution < -0.4 is 4.74 Å².